The van der Waals surface area contributed by atoms with Gasteiger partial charge in [-0.15, -0.1) is 0 Å². The molecule has 2 rings (SSSR count). The lowest BCUT2D eigenvalue weighted by atomic mass is 10.2. The normalized spacial score (nSPS) is 10.9. The quantitative estimate of drug-likeness (QED) is 0.884. The molecule has 0 saturated heterocycles. The summed E-state index contributed by atoms with van der Waals surface area (Å²) in [4.78, 5) is 15.1. The highest BCUT2D eigenvalue weighted by molar-refractivity contribution is 5.90. The van der Waals surface area contributed by atoms with Gasteiger partial charge < -0.3 is 9.84 Å². The fraction of sp³-hybridized carbons (Fsp3) is 0.357. The molecule has 1 aromatic carbocycles. The Morgan fingerprint density at radius 3 is 2.90 bits per heavy atom. The molecule has 0 aliphatic carbocycles. The van der Waals surface area contributed by atoms with E-state index in [0.717, 1.165) is 6.07 Å². The van der Waals surface area contributed by atoms with Crippen LogP contribution in [-0.4, -0.2) is 25.8 Å². The fourth-order valence-electron chi connectivity index (χ4n) is 1.86. The van der Waals surface area contributed by atoms with E-state index in [2.05, 4.69) is 10.1 Å². The summed E-state index contributed by atoms with van der Waals surface area (Å²) in [6, 6.07) is 3.77. The predicted octanol–water partition coefficient (Wildman–Crippen LogP) is 2.35. The molecule has 0 spiro atoms. The minimum Gasteiger partial charge on any atom is -0.482 e. The number of hydrogen-bond donors (Lipinski definition) is 1. The summed E-state index contributed by atoms with van der Waals surface area (Å²) in [6.07, 6.45) is 1.39. The van der Waals surface area contributed by atoms with E-state index in [9.17, 15) is 9.18 Å². The number of benzene rings is 1. The maximum absolute atomic E-state index is 13.7. The monoisotopic (exact) mass is 293 g/mol. The van der Waals surface area contributed by atoms with Crippen LogP contribution in [0.5, 0.6) is 5.75 Å². The molecule has 0 amide bonds. The van der Waals surface area contributed by atoms with E-state index in [-0.39, 0.29) is 17.9 Å². The Kier molecular flexibility index (Phi) is 4.52. The molecule has 2 aromatic rings. The first-order valence-corrected chi connectivity index (χ1v) is 6.50. The van der Waals surface area contributed by atoms with Gasteiger partial charge in [0.15, 0.2) is 17.4 Å². The molecule has 21 heavy (non-hydrogen) atoms. The molecular weight excluding hydrogens is 277 g/mol. The van der Waals surface area contributed by atoms with Gasteiger partial charge in [-0.2, -0.15) is 5.10 Å². The summed E-state index contributed by atoms with van der Waals surface area (Å²) in [6.45, 7) is 4.67. The van der Waals surface area contributed by atoms with Crippen molar-refractivity contribution in [3.63, 3.8) is 0 Å². The summed E-state index contributed by atoms with van der Waals surface area (Å²) in [5.41, 5.74) is -0.218. The van der Waals surface area contributed by atoms with Gasteiger partial charge in [-0.05, 0) is 18.1 Å². The van der Waals surface area contributed by atoms with Crippen molar-refractivity contribution in [2.24, 2.45) is 5.92 Å². The van der Waals surface area contributed by atoms with Gasteiger partial charge in [0.1, 0.15) is 18.5 Å². The lowest BCUT2D eigenvalue weighted by Gasteiger charge is -2.11. The van der Waals surface area contributed by atoms with Crippen LogP contribution < -0.4 is 4.74 Å². The maximum Gasteiger partial charge on any atom is 0.339 e. The number of aromatic carboxylic acids is 1. The zero-order chi connectivity index (χ0) is 15.4. The Bertz CT molecular complexity index is 640. The van der Waals surface area contributed by atoms with Gasteiger partial charge in [0.2, 0.25) is 0 Å². The zero-order valence-electron chi connectivity index (χ0n) is 11.8. The van der Waals surface area contributed by atoms with Crippen molar-refractivity contribution >= 4 is 5.97 Å². The number of halogens is 1. The third kappa shape index (κ3) is 3.56. The Balaban J connectivity index is 2.17. The molecule has 0 saturated carbocycles. The number of carboxylic acids is 1. The van der Waals surface area contributed by atoms with E-state index in [4.69, 9.17) is 9.84 Å². The number of para-hydroxylation sites is 1. The third-order valence-electron chi connectivity index (χ3n) is 2.78. The maximum atomic E-state index is 13.7. The first kappa shape index (κ1) is 15.0. The first-order chi connectivity index (χ1) is 9.99. The third-order valence-corrected chi connectivity index (χ3v) is 2.78. The largest absolute Gasteiger partial charge is 0.482 e. The standard InChI is InChI=1S/C14H16FN3O3/c1-9(2)6-18-12(16-8-17-18)7-21-13-10(14(19)20)4-3-5-11(13)15/h3-5,8-9H,6-7H2,1-2H3,(H,19,20). The van der Waals surface area contributed by atoms with Gasteiger partial charge >= 0.3 is 5.97 Å². The molecule has 1 heterocycles. The minimum atomic E-state index is -1.24. The molecule has 0 atom stereocenters. The van der Waals surface area contributed by atoms with Crippen molar-refractivity contribution in [3.8, 4) is 5.75 Å². The molecule has 0 unspecified atom stereocenters. The highest BCUT2D eigenvalue weighted by atomic mass is 19.1. The predicted molar refractivity (Wildman–Crippen MR) is 72.6 cm³/mol. The second-order valence-corrected chi connectivity index (χ2v) is 4.96. The van der Waals surface area contributed by atoms with Crippen molar-refractivity contribution in [1.29, 1.82) is 0 Å². The van der Waals surface area contributed by atoms with Crippen molar-refractivity contribution in [3.05, 3.63) is 41.7 Å². The van der Waals surface area contributed by atoms with Crippen LogP contribution in [0, 0.1) is 11.7 Å². The van der Waals surface area contributed by atoms with E-state index in [0.29, 0.717) is 18.3 Å². The summed E-state index contributed by atoms with van der Waals surface area (Å²) < 4.78 is 20.7. The molecule has 1 N–H and O–H groups in total. The van der Waals surface area contributed by atoms with Crippen LogP contribution in [0.25, 0.3) is 0 Å². The van der Waals surface area contributed by atoms with Crippen LogP contribution in [0.3, 0.4) is 0 Å². The molecule has 112 valence electrons. The molecule has 0 radical (unpaired) electrons. The molecule has 1 aromatic heterocycles. The molecule has 0 aliphatic heterocycles. The molecule has 0 bridgehead atoms. The SMILES string of the molecule is CC(C)Cn1ncnc1COc1c(F)cccc1C(=O)O. The van der Waals surface area contributed by atoms with Crippen LogP contribution in [-0.2, 0) is 13.2 Å². The van der Waals surface area contributed by atoms with Gasteiger partial charge in [-0.3, -0.25) is 0 Å². The van der Waals surface area contributed by atoms with Gasteiger partial charge in [0.25, 0.3) is 0 Å². The number of nitrogens with zero attached hydrogens (tertiary/aromatic N) is 3. The second kappa shape index (κ2) is 6.34. The second-order valence-electron chi connectivity index (χ2n) is 4.96. The molecular formula is C14H16FN3O3. The van der Waals surface area contributed by atoms with E-state index < -0.39 is 11.8 Å². The zero-order valence-corrected chi connectivity index (χ0v) is 11.8. The van der Waals surface area contributed by atoms with Gasteiger partial charge in [0.05, 0.1) is 0 Å². The molecule has 0 aliphatic rings. The summed E-state index contributed by atoms with van der Waals surface area (Å²) in [5, 5.41) is 13.1. The topological polar surface area (TPSA) is 77.2 Å². The Morgan fingerprint density at radius 2 is 2.24 bits per heavy atom. The lowest BCUT2D eigenvalue weighted by molar-refractivity contribution is 0.0690. The Labute approximate surface area is 121 Å². The van der Waals surface area contributed by atoms with E-state index in [1.165, 1.54) is 18.5 Å². The Hall–Kier alpha value is -2.44. The number of carbonyl (C=O) groups is 1. The highest BCUT2D eigenvalue weighted by Crippen LogP contribution is 2.23. The van der Waals surface area contributed by atoms with Gasteiger partial charge in [-0.25, -0.2) is 18.9 Å². The number of carboxylic acid groups (broad SMARTS) is 1. The lowest BCUT2D eigenvalue weighted by Crippen LogP contribution is -2.13. The highest BCUT2D eigenvalue weighted by Gasteiger charge is 2.17. The number of ether oxygens (including phenoxy) is 1. The van der Waals surface area contributed by atoms with E-state index in [1.54, 1.807) is 4.68 Å². The van der Waals surface area contributed by atoms with Crippen LogP contribution in [0.4, 0.5) is 4.39 Å². The van der Waals surface area contributed by atoms with E-state index >= 15 is 0 Å². The van der Waals surface area contributed by atoms with E-state index in [1.807, 2.05) is 13.8 Å². The molecule has 6 nitrogen and oxygen atoms in total. The van der Waals surface area contributed by atoms with Crippen molar-refractivity contribution in [2.75, 3.05) is 0 Å². The Morgan fingerprint density at radius 1 is 1.48 bits per heavy atom. The average Bonchev–Trinajstić information content (AvgIpc) is 2.83. The number of rotatable bonds is 6. The first-order valence-electron chi connectivity index (χ1n) is 6.50. The summed E-state index contributed by atoms with van der Waals surface area (Å²) >= 11 is 0. The molecule has 7 heteroatoms. The molecule has 0 fully saturated rings. The summed E-state index contributed by atoms with van der Waals surface area (Å²) in [5.74, 6) is -1.36. The van der Waals surface area contributed by atoms with Crippen LogP contribution in [0.1, 0.15) is 30.0 Å². The van der Waals surface area contributed by atoms with Crippen LogP contribution in [0.2, 0.25) is 0 Å². The smallest absolute Gasteiger partial charge is 0.339 e. The number of aromatic nitrogens is 3. The number of hydrogen-bond acceptors (Lipinski definition) is 4. The van der Waals surface area contributed by atoms with Crippen LogP contribution >= 0.6 is 0 Å². The van der Waals surface area contributed by atoms with Crippen molar-refractivity contribution in [2.45, 2.75) is 27.0 Å². The minimum absolute atomic E-state index is 0.0477. The fourth-order valence-corrected chi connectivity index (χ4v) is 1.86. The van der Waals surface area contributed by atoms with Crippen molar-refractivity contribution < 1.29 is 19.0 Å². The van der Waals surface area contributed by atoms with Crippen LogP contribution in [0.15, 0.2) is 24.5 Å². The van der Waals surface area contributed by atoms with Gasteiger partial charge in [0, 0.05) is 6.54 Å². The average molecular weight is 293 g/mol. The van der Waals surface area contributed by atoms with Crippen molar-refractivity contribution in [1.82, 2.24) is 14.8 Å². The van der Waals surface area contributed by atoms with Gasteiger partial charge in [-0.1, -0.05) is 19.9 Å². The summed E-state index contributed by atoms with van der Waals surface area (Å²) in [7, 11) is 0.